The van der Waals surface area contributed by atoms with Gasteiger partial charge in [0.25, 0.3) is 0 Å². The molecule has 1 heterocycles. The summed E-state index contributed by atoms with van der Waals surface area (Å²) in [5.74, 6) is 3.65. The first-order valence-electron chi connectivity index (χ1n) is 11.1. The first-order valence-corrected chi connectivity index (χ1v) is 11.1. The summed E-state index contributed by atoms with van der Waals surface area (Å²) in [6.45, 7) is 6.74. The zero-order valence-electron chi connectivity index (χ0n) is 17.4. The van der Waals surface area contributed by atoms with Crippen molar-refractivity contribution in [3.05, 3.63) is 40.9 Å². The van der Waals surface area contributed by atoms with Crippen LogP contribution in [0.5, 0.6) is 0 Å². The highest BCUT2D eigenvalue weighted by molar-refractivity contribution is 5.51. The average molecular weight is 383 g/mol. The zero-order chi connectivity index (χ0) is 19.7. The van der Waals surface area contributed by atoms with E-state index < -0.39 is 0 Å². The van der Waals surface area contributed by atoms with Crippen LogP contribution in [0.2, 0.25) is 0 Å². The molecule has 0 bridgehead atoms. The lowest BCUT2D eigenvalue weighted by Crippen LogP contribution is -2.51. The van der Waals surface area contributed by atoms with Crippen molar-refractivity contribution in [1.29, 1.82) is 0 Å². The number of aliphatic hydroxyl groups excluding tert-OH is 2. The highest BCUT2D eigenvalue weighted by Gasteiger charge is 2.59. The van der Waals surface area contributed by atoms with Crippen molar-refractivity contribution < 1.29 is 14.6 Å². The summed E-state index contributed by atoms with van der Waals surface area (Å²) in [6.07, 6.45) is 11.4. The van der Waals surface area contributed by atoms with E-state index in [1.165, 1.54) is 12.0 Å². The summed E-state index contributed by atoms with van der Waals surface area (Å²) in [5, 5.41) is 21.4. The maximum absolute atomic E-state index is 11.3. The van der Waals surface area contributed by atoms with Crippen molar-refractivity contribution in [3.63, 3.8) is 0 Å². The lowest BCUT2D eigenvalue weighted by molar-refractivity contribution is -0.0685. The molecule has 0 aromatic carbocycles. The second-order valence-corrected chi connectivity index (χ2v) is 10.5. The summed E-state index contributed by atoms with van der Waals surface area (Å²) in [4.78, 5) is 0. The summed E-state index contributed by atoms with van der Waals surface area (Å²) in [7, 11) is 0. The second kappa shape index (κ2) is 6.34. The van der Waals surface area contributed by atoms with Gasteiger partial charge in [-0.3, -0.25) is 0 Å². The highest BCUT2D eigenvalue weighted by atomic mass is 16.3. The monoisotopic (exact) mass is 382 g/mol. The van der Waals surface area contributed by atoms with Gasteiger partial charge in [-0.1, -0.05) is 25.5 Å². The van der Waals surface area contributed by atoms with E-state index in [0.29, 0.717) is 17.8 Å². The number of allylic oxidation sites excluding steroid dienone is 1. The quantitative estimate of drug-likeness (QED) is 0.651. The highest BCUT2D eigenvalue weighted by Crippen LogP contribution is 2.65. The number of aryl methyl sites for hydroxylation is 1. The van der Waals surface area contributed by atoms with Crippen LogP contribution in [0.3, 0.4) is 0 Å². The lowest BCUT2D eigenvalue weighted by Gasteiger charge is -2.57. The zero-order valence-corrected chi connectivity index (χ0v) is 17.4. The van der Waals surface area contributed by atoms with Gasteiger partial charge < -0.3 is 14.6 Å². The van der Waals surface area contributed by atoms with Crippen LogP contribution < -0.4 is 0 Å². The van der Waals surface area contributed by atoms with Crippen LogP contribution in [0.15, 0.2) is 33.8 Å². The molecule has 0 aliphatic heterocycles. The van der Waals surface area contributed by atoms with Crippen molar-refractivity contribution in [2.45, 2.75) is 77.9 Å². The Morgan fingerprint density at radius 2 is 1.89 bits per heavy atom. The number of hydrogen-bond acceptors (Lipinski definition) is 3. The van der Waals surface area contributed by atoms with Crippen LogP contribution in [-0.4, -0.2) is 22.4 Å². The third-order valence-electron chi connectivity index (χ3n) is 9.04. The molecule has 3 heteroatoms. The maximum atomic E-state index is 11.3. The normalized spacial score (nSPS) is 46.7. The van der Waals surface area contributed by atoms with Gasteiger partial charge in [0, 0.05) is 5.41 Å². The number of aliphatic hydroxyl groups is 2. The second-order valence-electron chi connectivity index (χ2n) is 10.5. The van der Waals surface area contributed by atoms with E-state index in [4.69, 9.17) is 4.42 Å². The van der Waals surface area contributed by atoms with Gasteiger partial charge in [-0.05, 0) is 98.8 Å². The van der Waals surface area contributed by atoms with Crippen LogP contribution >= 0.6 is 0 Å². The molecular weight excluding hydrogens is 348 g/mol. The molecule has 1 aromatic rings. The Morgan fingerprint density at radius 1 is 1.07 bits per heavy atom. The number of rotatable bonds is 1. The van der Waals surface area contributed by atoms with Gasteiger partial charge in [0.05, 0.1) is 12.2 Å². The van der Waals surface area contributed by atoms with Crippen LogP contribution in [-0.2, 0) is 0 Å². The molecule has 3 nitrogen and oxygen atoms in total. The molecule has 7 unspecified atom stereocenters. The summed E-state index contributed by atoms with van der Waals surface area (Å²) < 4.78 is 5.76. The molecule has 4 aliphatic rings. The molecule has 5 rings (SSSR count). The van der Waals surface area contributed by atoms with Gasteiger partial charge in [0.15, 0.2) is 0 Å². The summed E-state index contributed by atoms with van der Waals surface area (Å²) in [5.41, 5.74) is 2.89. The number of furan rings is 1. The van der Waals surface area contributed by atoms with Gasteiger partial charge in [-0.2, -0.15) is 0 Å². The van der Waals surface area contributed by atoms with Gasteiger partial charge in [0.2, 0.25) is 0 Å². The molecule has 7 atom stereocenters. The average Bonchev–Trinajstić information content (AvgIpc) is 3.18. The predicted molar refractivity (Wildman–Crippen MR) is 111 cm³/mol. The SMILES string of the molecule is Cc1ccc(/C=C2\CC3C4CC=C5CC(O)CCC5(C)C4CCC3(C)C2O)o1. The van der Waals surface area contributed by atoms with Gasteiger partial charge in [-0.25, -0.2) is 0 Å². The van der Waals surface area contributed by atoms with Crippen LogP contribution in [0, 0.1) is 35.5 Å². The van der Waals surface area contributed by atoms with E-state index in [1.807, 2.05) is 19.1 Å². The summed E-state index contributed by atoms with van der Waals surface area (Å²) in [6, 6.07) is 4.00. The number of fused-ring (bicyclic) bond motifs is 5. The van der Waals surface area contributed by atoms with Crippen LogP contribution in [0.4, 0.5) is 0 Å². The van der Waals surface area contributed by atoms with Crippen molar-refractivity contribution in [1.82, 2.24) is 0 Å². The minimum Gasteiger partial charge on any atom is -0.462 e. The van der Waals surface area contributed by atoms with E-state index in [2.05, 4.69) is 26.0 Å². The Kier molecular flexibility index (Phi) is 4.23. The maximum Gasteiger partial charge on any atom is 0.127 e. The van der Waals surface area contributed by atoms with Crippen molar-refractivity contribution in [2.75, 3.05) is 0 Å². The third kappa shape index (κ3) is 2.62. The molecule has 0 amide bonds. The molecule has 0 saturated heterocycles. The fourth-order valence-corrected chi connectivity index (χ4v) is 7.35. The first-order chi connectivity index (χ1) is 13.3. The van der Waals surface area contributed by atoms with E-state index in [9.17, 15) is 10.2 Å². The molecule has 3 fully saturated rings. The van der Waals surface area contributed by atoms with E-state index >= 15 is 0 Å². The molecule has 0 spiro atoms. The first kappa shape index (κ1) is 18.7. The fraction of sp³-hybridized carbons (Fsp3) is 0.680. The van der Waals surface area contributed by atoms with Gasteiger partial charge in [-0.15, -0.1) is 0 Å². The van der Waals surface area contributed by atoms with E-state index in [1.54, 1.807) is 0 Å². The fourth-order valence-electron chi connectivity index (χ4n) is 7.35. The Balaban J connectivity index is 1.47. The Morgan fingerprint density at radius 3 is 2.64 bits per heavy atom. The molecule has 28 heavy (non-hydrogen) atoms. The Labute approximate surface area is 168 Å². The largest absolute Gasteiger partial charge is 0.462 e. The molecule has 0 radical (unpaired) electrons. The summed E-state index contributed by atoms with van der Waals surface area (Å²) >= 11 is 0. The van der Waals surface area contributed by atoms with E-state index in [0.717, 1.165) is 55.6 Å². The Bertz CT molecular complexity index is 833. The molecule has 152 valence electrons. The molecule has 3 saturated carbocycles. The van der Waals surface area contributed by atoms with Crippen LogP contribution in [0.25, 0.3) is 6.08 Å². The van der Waals surface area contributed by atoms with Gasteiger partial charge in [0.1, 0.15) is 11.5 Å². The Hall–Kier alpha value is -1.32. The van der Waals surface area contributed by atoms with Crippen LogP contribution in [0.1, 0.15) is 70.3 Å². The van der Waals surface area contributed by atoms with Crippen molar-refractivity contribution in [3.8, 4) is 0 Å². The minimum absolute atomic E-state index is 0.0233. The molecular formula is C25H34O3. The molecule has 1 aromatic heterocycles. The lowest BCUT2D eigenvalue weighted by atomic mass is 9.48. The predicted octanol–water partition coefficient (Wildman–Crippen LogP) is 5.27. The smallest absolute Gasteiger partial charge is 0.127 e. The topological polar surface area (TPSA) is 53.6 Å². The van der Waals surface area contributed by atoms with Gasteiger partial charge >= 0.3 is 0 Å². The molecule has 4 aliphatic carbocycles. The van der Waals surface area contributed by atoms with E-state index in [-0.39, 0.29) is 23.0 Å². The third-order valence-corrected chi connectivity index (χ3v) is 9.04. The minimum atomic E-state index is -0.366. The standard InChI is InChI=1S/C25H34O3/c1-15-4-6-19(28-15)12-16-13-22-20-7-5-17-14-18(26)8-10-24(17,2)21(20)9-11-25(22,3)23(16)27/h4-6,12,18,20-23,26-27H,7-11,13-14H2,1-3H3/b16-12+. The van der Waals surface area contributed by atoms with Crippen molar-refractivity contribution >= 4 is 6.08 Å². The molecule has 2 N–H and O–H groups in total. The van der Waals surface area contributed by atoms with Crippen molar-refractivity contribution in [2.24, 2.45) is 28.6 Å². The number of hydrogen-bond donors (Lipinski definition) is 2.